The number of halogens is 2. The highest BCUT2D eigenvalue weighted by molar-refractivity contribution is 7.15. The number of hydrogen-bond acceptors (Lipinski definition) is 10. The molecule has 3 amide bonds. The van der Waals surface area contributed by atoms with Crippen molar-refractivity contribution in [1.29, 1.82) is 0 Å². The minimum atomic E-state index is -2.89. The summed E-state index contributed by atoms with van der Waals surface area (Å²) < 4.78 is 38.0. The van der Waals surface area contributed by atoms with E-state index in [2.05, 4.69) is 37.3 Å². The van der Waals surface area contributed by atoms with Crippen molar-refractivity contribution in [2.24, 2.45) is 5.92 Å². The van der Waals surface area contributed by atoms with Crippen LogP contribution in [0.2, 0.25) is 0 Å². The summed E-state index contributed by atoms with van der Waals surface area (Å²) in [6.45, 7) is 2.20. The van der Waals surface area contributed by atoms with E-state index in [1.807, 2.05) is 0 Å². The Morgan fingerprint density at radius 2 is 1.95 bits per heavy atom. The van der Waals surface area contributed by atoms with Crippen molar-refractivity contribution in [2.75, 3.05) is 37.0 Å². The lowest BCUT2D eigenvalue weighted by Gasteiger charge is -2.40. The molecule has 4 heterocycles. The van der Waals surface area contributed by atoms with Crippen molar-refractivity contribution < 1.29 is 32.6 Å². The van der Waals surface area contributed by atoms with Crippen LogP contribution >= 0.6 is 11.3 Å². The van der Waals surface area contributed by atoms with Gasteiger partial charge in [-0.25, -0.2) is 18.6 Å². The number of anilines is 2. The summed E-state index contributed by atoms with van der Waals surface area (Å²) in [5.74, 6) is 5.75. The van der Waals surface area contributed by atoms with Gasteiger partial charge in [0.1, 0.15) is 22.8 Å². The predicted octanol–water partition coefficient (Wildman–Crippen LogP) is 4.29. The number of aromatic nitrogens is 4. The number of piperazine rings is 1. The average molecular weight is 624 g/mol. The van der Waals surface area contributed by atoms with Gasteiger partial charge >= 0.3 is 6.09 Å². The smallest absolute Gasteiger partial charge is 0.410 e. The Hall–Kier alpha value is -4.71. The normalized spacial score (nSPS) is 16.9. The van der Waals surface area contributed by atoms with Gasteiger partial charge < -0.3 is 9.47 Å². The Kier molecular flexibility index (Phi) is 7.85. The fourth-order valence-electron chi connectivity index (χ4n) is 5.00. The van der Waals surface area contributed by atoms with Gasteiger partial charge in [-0.1, -0.05) is 17.3 Å². The second-order valence-electron chi connectivity index (χ2n) is 10.4. The molecular formula is C29H27F2N7O5S. The number of rotatable bonds is 7. The van der Waals surface area contributed by atoms with Gasteiger partial charge in [0.05, 0.1) is 25.5 Å². The third kappa shape index (κ3) is 5.64. The SMILES string of the molecule is CCOC(=O)N1CCN(c2cc(-c3cc(C(F)F)ncc3OC)c(C(=O)Nc3nnc(C#CC4CC4)s3)cn2)C(=O)C12CC2. The largest absolute Gasteiger partial charge is 0.494 e. The quantitative estimate of drug-likeness (QED) is 0.382. The number of ether oxygens (including phenoxy) is 2. The molecular weight excluding hydrogens is 596 g/mol. The summed E-state index contributed by atoms with van der Waals surface area (Å²) in [6.07, 6.45) is 2.03. The minimum absolute atomic E-state index is 0.0121. The van der Waals surface area contributed by atoms with E-state index in [1.165, 1.54) is 29.2 Å². The number of methoxy groups -OCH3 is 1. The first kappa shape index (κ1) is 29.4. The fraction of sp³-hybridized carbons (Fsp3) is 0.414. The Morgan fingerprint density at radius 1 is 1.16 bits per heavy atom. The summed E-state index contributed by atoms with van der Waals surface area (Å²) in [6, 6.07) is 2.61. The van der Waals surface area contributed by atoms with E-state index in [4.69, 9.17) is 9.47 Å². The van der Waals surface area contributed by atoms with Crippen LogP contribution in [0.3, 0.4) is 0 Å². The van der Waals surface area contributed by atoms with E-state index in [9.17, 15) is 23.2 Å². The Bertz CT molecular complexity index is 1700. The maximum atomic E-state index is 13.7. The fourth-order valence-corrected chi connectivity index (χ4v) is 5.60. The summed E-state index contributed by atoms with van der Waals surface area (Å²) in [7, 11) is 1.35. The maximum Gasteiger partial charge on any atom is 0.410 e. The number of amides is 3. The van der Waals surface area contributed by atoms with Gasteiger partial charge in [-0.2, -0.15) is 0 Å². The summed E-state index contributed by atoms with van der Waals surface area (Å²) in [5.41, 5.74) is -1.21. The predicted molar refractivity (Wildman–Crippen MR) is 154 cm³/mol. The van der Waals surface area contributed by atoms with Crippen LogP contribution in [-0.2, 0) is 9.53 Å². The molecule has 0 aromatic carbocycles. The molecule has 2 aliphatic carbocycles. The molecule has 1 saturated heterocycles. The van der Waals surface area contributed by atoms with Gasteiger partial charge in [-0.05, 0) is 50.7 Å². The van der Waals surface area contributed by atoms with E-state index in [0.29, 0.717) is 23.8 Å². The van der Waals surface area contributed by atoms with Crippen LogP contribution in [0.15, 0.2) is 24.5 Å². The van der Waals surface area contributed by atoms with Crippen LogP contribution in [0.5, 0.6) is 5.75 Å². The van der Waals surface area contributed by atoms with E-state index >= 15 is 0 Å². The molecule has 0 atom stereocenters. The van der Waals surface area contributed by atoms with Gasteiger partial charge in [-0.15, -0.1) is 10.2 Å². The maximum absolute atomic E-state index is 13.7. The number of carbonyl (C=O) groups excluding carboxylic acids is 3. The molecule has 3 aromatic heterocycles. The zero-order chi connectivity index (χ0) is 31.0. The lowest BCUT2D eigenvalue weighted by molar-refractivity contribution is -0.126. The Labute approximate surface area is 254 Å². The molecule has 12 nitrogen and oxygen atoms in total. The summed E-state index contributed by atoms with van der Waals surface area (Å²) in [4.78, 5) is 50.9. The highest BCUT2D eigenvalue weighted by atomic mass is 32.1. The number of nitrogens with zero attached hydrogens (tertiary/aromatic N) is 6. The summed E-state index contributed by atoms with van der Waals surface area (Å²) >= 11 is 1.10. The zero-order valence-electron chi connectivity index (χ0n) is 23.8. The van der Waals surface area contributed by atoms with Crippen molar-refractivity contribution in [3.63, 3.8) is 0 Å². The first-order chi connectivity index (χ1) is 21.2. The van der Waals surface area contributed by atoms with Gasteiger partial charge in [0.25, 0.3) is 18.2 Å². The molecule has 228 valence electrons. The van der Waals surface area contributed by atoms with Crippen LogP contribution in [0.4, 0.5) is 24.5 Å². The number of carbonyl (C=O) groups is 3. The van der Waals surface area contributed by atoms with E-state index in [0.717, 1.165) is 36.4 Å². The number of alkyl halides is 2. The van der Waals surface area contributed by atoms with Gasteiger partial charge in [0.15, 0.2) is 5.01 Å². The summed E-state index contributed by atoms with van der Waals surface area (Å²) in [5, 5.41) is 11.3. The standard InChI is InChI=1S/C29H27F2N7O5S/c1-3-43-28(41)38-11-10-37(26(40)29(38)8-9-29)22-13-17(18-12-20(24(30)31)32-15-21(18)42-2)19(14-33-22)25(39)34-27-36-35-23(44-27)7-6-16-4-5-16/h12-16,24H,3-5,8-11H2,1-2H3,(H,34,36,39). The Morgan fingerprint density at radius 3 is 2.64 bits per heavy atom. The van der Waals surface area contributed by atoms with Crippen molar-refractivity contribution >= 4 is 40.2 Å². The van der Waals surface area contributed by atoms with Crippen molar-refractivity contribution in [3.05, 3.63) is 40.8 Å². The van der Waals surface area contributed by atoms with Gasteiger partial charge in [0.2, 0.25) is 5.13 Å². The number of hydrogen-bond donors (Lipinski definition) is 1. The molecule has 1 N–H and O–H groups in total. The van der Waals surface area contributed by atoms with Crippen LogP contribution in [0.25, 0.3) is 11.1 Å². The molecule has 2 saturated carbocycles. The lowest BCUT2D eigenvalue weighted by Crippen LogP contribution is -2.61. The molecule has 0 unspecified atom stereocenters. The second-order valence-corrected chi connectivity index (χ2v) is 11.4. The molecule has 3 aliphatic rings. The zero-order valence-corrected chi connectivity index (χ0v) is 24.6. The number of pyridine rings is 2. The van der Waals surface area contributed by atoms with Crippen LogP contribution in [0.1, 0.15) is 60.1 Å². The van der Waals surface area contributed by atoms with Crippen LogP contribution in [-0.4, -0.2) is 75.3 Å². The van der Waals surface area contributed by atoms with Gasteiger partial charge in [-0.3, -0.25) is 29.7 Å². The second kappa shape index (κ2) is 11.8. The third-order valence-electron chi connectivity index (χ3n) is 7.56. The van der Waals surface area contributed by atoms with E-state index < -0.39 is 29.7 Å². The monoisotopic (exact) mass is 623 g/mol. The molecule has 3 aromatic rings. The highest BCUT2D eigenvalue weighted by Gasteiger charge is 2.61. The van der Waals surface area contributed by atoms with E-state index in [1.54, 1.807) is 6.92 Å². The Balaban J connectivity index is 1.36. The first-order valence-electron chi connectivity index (χ1n) is 14.0. The van der Waals surface area contributed by atoms with Crippen LogP contribution in [0, 0.1) is 17.8 Å². The highest BCUT2D eigenvalue weighted by Crippen LogP contribution is 2.47. The molecule has 44 heavy (non-hydrogen) atoms. The molecule has 6 rings (SSSR count). The molecule has 0 radical (unpaired) electrons. The van der Waals surface area contributed by atoms with Crippen molar-refractivity contribution in [2.45, 2.75) is 44.6 Å². The topological polar surface area (TPSA) is 140 Å². The van der Waals surface area contributed by atoms with Crippen LogP contribution < -0.4 is 15.0 Å². The average Bonchev–Trinajstić information content (AvgIpc) is 3.96. The molecule has 15 heteroatoms. The van der Waals surface area contributed by atoms with Crippen molar-refractivity contribution in [1.82, 2.24) is 25.1 Å². The van der Waals surface area contributed by atoms with E-state index in [-0.39, 0.29) is 59.0 Å². The molecule has 3 fully saturated rings. The third-order valence-corrected chi connectivity index (χ3v) is 8.31. The molecule has 1 aliphatic heterocycles. The molecule has 1 spiro atoms. The van der Waals surface area contributed by atoms with Crippen molar-refractivity contribution in [3.8, 4) is 28.7 Å². The minimum Gasteiger partial charge on any atom is -0.494 e. The number of nitrogens with one attached hydrogen (secondary N) is 1. The lowest BCUT2D eigenvalue weighted by atomic mass is 9.99. The first-order valence-corrected chi connectivity index (χ1v) is 14.8. The molecule has 0 bridgehead atoms. The van der Waals surface area contributed by atoms with Gasteiger partial charge in [0, 0.05) is 36.3 Å².